The van der Waals surface area contributed by atoms with E-state index in [4.69, 9.17) is 24.6 Å². The fourth-order valence-corrected chi connectivity index (χ4v) is 4.67. The molecule has 214 valence electrons. The Kier molecular flexibility index (Phi) is 9.82. The molecule has 0 bridgehead atoms. The molecule has 4 rings (SSSR count). The number of carbonyl (C=O) groups excluding carboxylic acids is 1. The standard InChI is InChI=1S/C23H32N6O3.C2HF3O2/c1-4-6-15-29-18-19(25-23(29)27-12-8-7-9-13-27)24-22(26(3)20(18)30)28-14-10-11-17(16-28)21(31)32-5-2;3-2(4,5)1(6)7/h17H,5,7-16H2,1-3H3;(H,6,7). The molecule has 2 aromatic rings. The second-order valence-corrected chi connectivity index (χ2v) is 9.26. The number of alkyl halides is 3. The van der Waals surface area contributed by atoms with Crippen molar-refractivity contribution in [1.29, 1.82) is 0 Å². The van der Waals surface area contributed by atoms with Gasteiger partial charge in [0.05, 0.1) is 19.1 Å². The van der Waals surface area contributed by atoms with Crippen LogP contribution in [0.5, 0.6) is 0 Å². The van der Waals surface area contributed by atoms with Crippen LogP contribution in [0.4, 0.5) is 25.1 Å². The van der Waals surface area contributed by atoms with Gasteiger partial charge in [-0.2, -0.15) is 23.1 Å². The highest BCUT2D eigenvalue weighted by molar-refractivity contribution is 5.77. The third-order valence-corrected chi connectivity index (χ3v) is 6.56. The van der Waals surface area contributed by atoms with Crippen molar-refractivity contribution in [2.45, 2.75) is 58.7 Å². The third-order valence-electron chi connectivity index (χ3n) is 6.56. The number of carbonyl (C=O) groups is 2. The lowest BCUT2D eigenvalue weighted by molar-refractivity contribution is -0.192. The van der Waals surface area contributed by atoms with Gasteiger partial charge in [-0.05, 0) is 46.0 Å². The normalized spacial score (nSPS) is 17.6. The summed E-state index contributed by atoms with van der Waals surface area (Å²) in [7, 11) is 1.74. The molecule has 11 nitrogen and oxygen atoms in total. The summed E-state index contributed by atoms with van der Waals surface area (Å²) < 4.78 is 40.4. The molecular formula is C25H33F3N6O5. The Bertz CT molecular complexity index is 1300. The van der Waals surface area contributed by atoms with E-state index in [1.807, 2.05) is 16.4 Å². The van der Waals surface area contributed by atoms with Crippen molar-refractivity contribution in [1.82, 2.24) is 19.1 Å². The number of aliphatic carboxylic acids is 1. The van der Waals surface area contributed by atoms with Crippen LogP contribution in [0.3, 0.4) is 0 Å². The third kappa shape index (κ3) is 7.01. The first-order valence-electron chi connectivity index (χ1n) is 12.8. The lowest BCUT2D eigenvalue weighted by Crippen LogP contribution is -2.42. The van der Waals surface area contributed by atoms with Crippen molar-refractivity contribution in [3.63, 3.8) is 0 Å². The molecule has 2 saturated heterocycles. The summed E-state index contributed by atoms with van der Waals surface area (Å²) in [5.74, 6) is 4.18. The molecule has 2 fully saturated rings. The Balaban J connectivity index is 0.000000532. The predicted molar refractivity (Wildman–Crippen MR) is 138 cm³/mol. The number of hydrogen-bond acceptors (Lipinski definition) is 8. The number of rotatable bonds is 5. The van der Waals surface area contributed by atoms with Gasteiger partial charge in [0.15, 0.2) is 11.2 Å². The molecular weight excluding hydrogens is 521 g/mol. The molecule has 4 heterocycles. The SMILES string of the molecule is CC#CCn1c(N2CCCCC2)nc2nc(N3CCCC(C(=O)OCC)C3)n(C)c(=O)c21.O=C(O)C(F)(F)F. The molecule has 2 aromatic heterocycles. The zero-order chi connectivity index (χ0) is 28.7. The van der Waals surface area contributed by atoms with Crippen LogP contribution >= 0.6 is 0 Å². The topological polar surface area (TPSA) is 123 Å². The van der Waals surface area contributed by atoms with Crippen molar-refractivity contribution in [3.8, 4) is 11.8 Å². The van der Waals surface area contributed by atoms with Crippen LogP contribution in [-0.4, -0.2) is 75.1 Å². The summed E-state index contributed by atoms with van der Waals surface area (Å²) in [4.78, 5) is 48.5. The largest absolute Gasteiger partial charge is 0.490 e. The first kappa shape index (κ1) is 29.8. The average molecular weight is 555 g/mol. The van der Waals surface area contributed by atoms with E-state index in [-0.39, 0.29) is 17.4 Å². The number of carboxylic acid groups (broad SMARTS) is 1. The van der Waals surface area contributed by atoms with Crippen molar-refractivity contribution in [2.75, 3.05) is 42.6 Å². The van der Waals surface area contributed by atoms with Gasteiger partial charge in [-0.25, -0.2) is 4.79 Å². The highest BCUT2D eigenvalue weighted by Crippen LogP contribution is 2.26. The zero-order valence-electron chi connectivity index (χ0n) is 22.3. The molecule has 2 aliphatic rings. The summed E-state index contributed by atoms with van der Waals surface area (Å²) in [6, 6.07) is 0. The molecule has 2 aliphatic heterocycles. The zero-order valence-corrected chi connectivity index (χ0v) is 22.3. The number of imidazole rings is 1. The van der Waals surface area contributed by atoms with Crippen LogP contribution in [0, 0.1) is 17.8 Å². The first-order valence-corrected chi connectivity index (χ1v) is 12.8. The van der Waals surface area contributed by atoms with Crippen molar-refractivity contribution < 1.29 is 32.6 Å². The van der Waals surface area contributed by atoms with Crippen LogP contribution < -0.4 is 15.4 Å². The van der Waals surface area contributed by atoms with E-state index in [1.165, 1.54) is 6.42 Å². The van der Waals surface area contributed by atoms with E-state index in [0.717, 1.165) is 51.3 Å². The smallest absolute Gasteiger partial charge is 0.475 e. The Labute approximate surface area is 223 Å². The Morgan fingerprint density at radius 1 is 1.08 bits per heavy atom. The average Bonchev–Trinajstić information content (AvgIpc) is 3.28. The van der Waals surface area contributed by atoms with E-state index >= 15 is 0 Å². The summed E-state index contributed by atoms with van der Waals surface area (Å²) >= 11 is 0. The van der Waals surface area contributed by atoms with Crippen molar-refractivity contribution in [3.05, 3.63) is 10.4 Å². The van der Waals surface area contributed by atoms with Gasteiger partial charge in [0.2, 0.25) is 11.9 Å². The summed E-state index contributed by atoms with van der Waals surface area (Å²) in [6.45, 7) is 7.46. The van der Waals surface area contributed by atoms with Crippen LogP contribution in [0.2, 0.25) is 0 Å². The van der Waals surface area contributed by atoms with Crippen molar-refractivity contribution in [2.24, 2.45) is 13.0 Å². The number of halogens is 3. The van der Waals surface area contributed by atoms with Gasteiger partial charge in [-0.3, -0.25) is 18.7 Å². The Morgan fingerprint density at radius 2 is 1.69 bits per heavy atom. The Morgan fingerprint density at radius 3 is 2.28 bits per heavy atom. The van der Waals surface area contributed by atoms with Gasteiger partial charge in [0, 0.05) is 33.2 Å². The highest BCUT2D eigenvalue weighted by atomic mass is 19.4. The number of carboxylic acids is 1. The summed E-state index contributed by atoms with van der Waals surface area (Å²) in [6.07, 6.45) is -0.0110. The quantitative estimate of drug-likeness (QED) is 0.439. The van der Waals surface area contributed by atoms with Gasteiger partial charge < -0.3 is 19.6 Å². The van der Waals surface area contributed by atoms with E-state index in [0.29, 0.717) is 36.8 Å². The molecule has 14 heteroatoms. The number of fused-ring (bicyclic) bond motifs is 1. The summed E-state index contributed by atoms with van der Waals surface area (Å²) in [5, 5.41) is 7.12. The number of piperidine rings is 2. The summed E-state index contributed by atoms with van der Waals surface area (Å²) in [5.41, 5.74) is 0.787. The number of aromatic nitrogens is 4. The fraction of sp³-hybridized carbons (Fsp3) is 0.640. The molecule has 39 heavy (non-hydrogen) atoms. The molecule has 0 spiro atoms. The molecule has 0 aliphatic carbocycles. The number of esters is 1. The van der Waals surface area contributed by atoms with Gasteiger partial charge in [0.25, 0.3) is 5.56 Å². The number of nitrogens with zero attached hydrogens (tertiary/aromatic N) is 6. The molecule has 0 radical (unpaired) electrons. The van der Waals surface area contributed by atoms with E-state index in [9.17, 15) is 22.8 Å². The van der Waals surface area contributed by atoms with Crippen LogP contribution in [0.15, 0.2) is 4.79 Å². The van der Waals surface area contributed by atoms with E-state index in [1.54, 1.807) is 18.5 Å². The molecule has 0 aromatic carbocycles. The van der Waals surface area contributed by atoms with Crippen LogP contribution in [-0.2, 0) is 27.9 Å². The van der Waals surface area contributed by atoms with Gasteiger partial charge in [-0.15, -0.1) is 5.92 Å². The second-order valence-electron chi connectivity index (χ2n) is 9.26. The molecule has 1 unspecified atom stereocenters. The first-order chi connectivity index (χ1) is 18.5. The lowest BCUT2D eigenvalue weighted by atomic mass is 9.98. The van der Waals surface area contributed by atoms with E-state index < -0.39 is 12.1 Å². The minimum absolute atomic E-state index is 0.142. The highest BCUT2D eigenvalue weighted by Gasteiger charge is 2.38. The van der Waals surface area contributed by atoms with Gasteiger partial charge in [-0.1, -0.05) is 5.92 Å². The van der Waals surface area contributed by atoms with Gasteiger partial charge in [0.1, 0.15) is 0 Å². The maximum atomic E-state index is 13.5. The molecule has 0 saturated carbocycles. The van der Waals surface area contributed by atoms with Crippen LogP contribution in [0.25, 0.3) is 11.2 Å². The fourth-order valence-electron chi connectivity index (χ4n) is 4.67. The minimum atomic E-state index is -5.08. The molecule has 1 atom stereocenters. The number of ether oxygens (including phenoxy) is 1. The lowest BCUT2D eigenvalue weighted by Gasteiger charge is -2.32. The van der Waals surface area contributed by atoms with Crippen molar-refractivity contribution >= 4 is 35.0 Å². The Hall–Kier alpha value is -3.76. The molecule has 1 N–H and O–H groups in total. The minimum Gasteiger partial charge on any atom is -0.475 e. The van der Waals surface area contributed by atoms with E-state index in [2.05, 4.69) is 16.7 Å². The number of anilines is 2. The van der Waals surface area contributed by atoms with Gasteiger partial charge >= 0.3 is 18.1 Å². The van der Waals surface area contributed by atoms with Crippen LogP contribution in [0.1, 0.15) is 46.0 Å². The molecule has 0 amide bonds. The maximum Gasteiger partial charge on any atom is 0.490 e. The number of hydrogen-bond donors (Lipinski definition) is 1. The monoisotopic (exact) mass is 554 g/mol. The maximum absolute atomic E-state index is 13.5. The second kappa shape index (κ2) is 12.9. The predicted octanol–water partition coefficient (Wildman–Crippen LogP) is 2.56.